The van der Waals surface area contributed by atoms with Crippen molar-refractivity contribution in [1.82, 2.24) is 4.98 Å². The van der Waals surface area contributed by atoms with Crippen LogP contribution in [0.1, 0.15) is 11.3 Å². The van der Waals surface area contributed by atoms with Gasteiger partial charge in [-0.1, -0.05) is 29.8 Å². The fraction of sp³-hybridized carbons (Fsp3) is 0.0625. The third-order valence-electron chi connectivity index (χ3n) is 2.89. The summed E-state index contributed by atoms with van der Waals surface area (Å²) in [4.78, 5) is 5.62. The molecule has 0 aliphatic rings. The molecule has 0 amide bonds. The first-order chi connectivity index (χ1) is 9.31. The molecule has 0 radical (unpaired) electrons. The minimum atomic E-state index is 0.772. The molecular weight excluding hydrogens is 274 g/mol. The normalized spacial score (nSPS) is 10.6. The van der Waals surface area contributed by atoms with Gasteiger partial charge in [0.1, 0.15) is 0 Å². The second kappa shape index (κ2) is 5.55. The van der Waals surface area contributed by atoms with Crippen LogP contribution in [0.15, 0.2) is 60.1 Å². The largest absolute Gasteiger partial charge is 0.261 e. The lowest BCUT2D eigenvalue weighted by atomic mass is 10.1. The molecule has 0 saturated heterocycles. The van der Waals surface area contributed by atoms with Crippen molar-refractivity contribution in [3.63, 3.8) is 0 Å². The van der Waals surface area contributed by atoms with Gasteiger partial charge in [0.05, 0.1) is 0 Å². The van der Waals surface area contributed by atoms with Crippen LogP contribution in [-0.2, 0) is 6.42 Å². The number of nitrogens with zero attached hydrogens (tertiary/aromatic N) is 1. The third-order valence-corrected chi connectivity index (χ3v) is 4.17. The summed E-state index contributed by atoms with van der Waals surface area (Å²) in [7, 11) is 0. The second-order valence-electron chi connectivity index (χ2n) is 4.32. The van der Waals surface area contributed by atoms with Gasteiger partial charge in [0.15, 0.2) is 0 Å². The van der Waals surface area contributed by atoms with Crippen molar-refractivity contribution < 1.29 is 0 Å². The molecule has 19 heavy (non-hydrogen) atoms. The van der Waals surface area contributed by atoms with Crippen molar-refractivity contribution in [2.75, 3.05) is 0 Å². The van der Waals surface area contributed by atoms with Crippen LogP contribution in [0.5, 0.6) is 0 Å². The Morgan fingerprint density at radius 1 is 1.05 bits per heavy atom. The van der Waals surface area contributed by atoms with E-state index in [1.165, 1.54) is 16.0 Å². The molecule has 0 atom stereocenters. The van der Waals surface area contributed by atoms with Gasteiger partial charge in [-0.2, -0.15) is 0 Å². The molecule has 2 aromatic heterocycles. The van der Waals surface area contributed by atoms with E-state index in [2.05, 4.69) is 34.6 Å². The third kappa shape index (κ3) is 3.03. The van der Waals surface area contributed by atoms with E-state index in [0.29, 0.717) is 0 Å². The fourth-order valence-electron chi connectivity index (χ4n) is 1.95. The van der Waals surface area contributed by atoms with Gasteiger partial charge in [-0.25, -0.2) is 0 Å². The van der Waals surface area contributed by atoms with Gasteiger partial charge in [-0.3, -0.25) is 4.98 Å². The van der Waals surface area contributed by atoms with Crippen molar-refractivity contribution in [2.24, 2.45) is 0 Å². The van der Waals surface area contributed by atoms with Crippen LogP contribution < -0.4 is 0 Å². The predicted molar refractivity (Wildman–Crippen MR) is 81.8 cm³/mol. The Labute approximate surface area is 121 Å². The highest BCUT2D eigenvalue weighted by Gasteiger charge is 2.04. The van der Waals surface area contributed by atoms with E-state index in [9.17, 15) is 0 Å². The Hall–Kier alpha value is -1.64. The molecule has 3 aromatic rings. The maximum Gasteiger partial charge on any atom is 0.0447 e. The molecule has 3 rings (SSSR count). The van der Waals surface area contributed by atoms with Crippen LogP contribution >= 0.6 is 22.9 Å². The number of aromatic nitrogens is 1. The quantitative estimate of drug-likeness (QED) is 0.656. The van der Waals surface area contributed by atoms with Crippen LogP contribution in [0.25, 0.3) is 10.4 Å². The number of hydrogen-bond donors (Lipinski definition) is 0. The summed E-state index contributed by atoms with van der Waals surface area (Å²) in [5.41, 5.74) is 3.61. The number of benzene rings is 1. The van der Waals surface area contributed by atoms with Gasteiger partial charge >= 0.3 is 0 Å². The van der Waals surface area contributed by atoms with Crippen LogP contribution in [0.4, 0.5) is 0 Å². The summed E-state index contributed by atoms with van der Waals surface area (Å²) in [6, 6.07) is 16.2. The van der Waals surface area contributed by atoms with E-state index >= 15 is 0 Å². The standard InChI is InChI=1S/C16H12ClNS/c17-14-6-4-13(5-7-14)16-10-12(11-19-16)9-15-3-1-2-8-18-15/h1-8,10-11H,9H2. The number of thiophene rings is 1. The molecule has 0 aliphatic carbocycles. The topological polar surface area (TPSA) is 12.9 Å². The average Bonchev–Trinajstić information content (AvgIpc) is 2.89. The predicted octanol–water partition coefficient (Wildman–Crippen LogP) is 5.05. The summed E-state index contributed by atoms with van der Waals surface area (Å²) in [5.74, 6) is 0. The molecule has 3 heteroatoms. The zero-order chi connectivity index (χ0) is 13.1. The smallest absolute Gasteiger partial charge is 0.0447 e. The lowest BCUT2D eigenvalue weighted by Crippen LogP contribution is -1.88. The van der Waals surface area contributed by atoms with Crippen molar-refractivity contribution in [1.29, 1.82) is 0 Å². The van der Waals surface area contributed by atoms with E-state index in [0.717, 1.165) is 17.1 Å². The highest BCUT2D eigenvalue weighted by Crippen LogP contribution is 2.29. The minimum absolute atomic E-state index is 0.772. The van der Waals surface area contributed by atoms with Crippen molar-refractivity contribution >= 4 is 22.9 Å². The first kappa shape index (κ1) is 12.4. The molecule has 0 aliphatic heterocycles. The molecule has 1 nitrogen and oxygen atoms in total. The number of hydrogen-bond acceptors (Lipinski definition) is 2. The highest BCUT2D eigenvalue weighted by atomic mass is 35.5. The average molecular weight is 286 g/mol. The summed E-state index contributed by atoms with van der Waals surface area (Å²) in [6.45, 7) is 0. The fourth-order valence-corrected chi connectivity index (χ4v) is 2.99. The molecule has 0 saturated carbocycles. The van der Waals surface area contributed by atoms with Crippen molar-refractivity contribution in [3.05, 3.63) is 76.4 Å². The molecule has 2 heterocycles. The maximum absolute atomic E-state index is 5.91. The van der Waals surface area contributed by atoms with Gasteiger partial charge in [0.2, 0.25) is 0 Å². The van der Waals surface area contributed by atoms with Gasteiger partial charge in [-0.05, 0) is 46.8 Å². The van der Waals surface area contributed by atoms with Crippen LogP contribution in [0.3, 0.4) is 0 Å². The first-order valence-corrected chi connectivity index (χ1v) is 7.30. The molecule has 0 fully saturated rings. The van der Waals surface area contributed by atoms with Gasteiger partial charge in [-0.15, -0.1) is 11.3 Å². The van der Waals surface area contributed by atoms with Crippen molar-refractivity contribution in [2.45, 2.75) is 6.42 Å². The SMILES string of the molecule is Clc1ccc(-c2cc(Cc3ccccn3)cs2)cc1. The minimum Gasteiger partial charge on any atom is -0.261 e. The summed E-state index contributed by atoms with van der Waals surface area (Å²) < 4.78 is 0. The van der Waals surface area contributed by atoms with Crippen LogP contribution in [0.2, 0.25) is 5.02 Å². The summed E-state index contributed by atoms with van der Waals surface area (Å²) >= 11 is 7.66. The van der Waals surface area contributed by atoms with E-state index in [-0.39, 0.29) is 0 Å². The lowest BCUT2D eigenvalue weighted by molar-refractivity contribution is 1.08. The lowest BCUT2D eigenvalue weighted by Gasteiger charge is -1.98. The molecule has 0 bridgehead atoms. The van der Waals surface area contributed by atoms with Gasteiger partial charge in [0.25, 0.3) is 0 Å². The number of halogens is 1. The number of rotatable bonds is 3. The Kier molecular flexibility index (Phi) is 3.62. The Morgan fingerprint density at radius 3 is 2.63 bits per heavy atom. The van der Waals surface area contributed by atoms with Gasteiger partial charge in [0, 0.05) is 28.2 Å². The van der Waals surface area contributed by atoms with E-state index in [4.69, 9.17) is 11.6 Å². The Morgan fingerprint density at radius 2 is 1.89 bits per heavy atom. The zero-order valence-electron chi connectivity index (χ0n) is 10.2. The molecule has 94 valence electrons. The van der Waals surface area contributed by atoms with E-state index in [1.807, 2.05) is 30.5 Å². The Balaban J connectivity index is 1.82. The maximum atomic E-state index is 5.91. The van der Waals surface area contributed by atoms with Crippen LogP contribution in [0, 0.1) is 0 Å². The Bertz CT molecular complexity index is 659. The molecule has 1 aromatic carbocycles. The highest BCUT2D eigenvalue weighted by molar-refractivity contribution is 7.13. The van der Waals surface area contributed by atoms with Gasteiger partial charge < -0.3 is 0 Å². The molecular formula is C16H12ClNS. The summed E-state index contributed by atoms with van der Waals surface area (Å²) in [5, 5.41) is 2.97. The number of pyridine rings is 1. The molecule has 0 spiro atoms. The van der Waals surface area contributed by atoms with E-state index in [1.54, 1.807) is 11.3 Å². The van der Waals surface area contributed by atoms with Crippen molar-refractivity contribution in [3.8, 4) is 10.4 Å². The zero-order valence-corrected chi connectivity index (χ0v) is 11.8. The summed E-state index contributed by atoms with van der Waals surface area (Å²) in [6.07, 6.45) is 2.72. The van der Waals surface area contributed by atoms with Crippen LogP contribution in [-0.4, -0.2) is 4.98 Å². The molecule has 0 N–H and O–H groups in total. The van der Waals surface area contributed by atoms with E-state index < -0.39 is 0 Å². The monoisotopic (exact) mass is 285 g/mol. The molecule has 0 unspecified atom stereocenters. The second-order valence-corrected chi connectivity index (χ2v) is 5.67. The first-order valence-electron chi connectivity index (χ1n) is 6.04.